The van der Waals surface area contributed by atoms with Gasteiger partial charge in [0.15, 0.2) is 0 Å². The van der Waals surface area contributed by atoms with Gasteiger partial charge in [-0.3, -0.25) is 14.9 Å². The maximum Gasteiger partial charge on any atom is 0.300 e. The number of rotatable bonds is 7. The van der Waals surface area contributed by atoms with Crippen molar-refractivity contribution in [1.29, 1.82) is 0 Å². The lowest BCUT2D eigenvalue weighted by Crippen LogP contribution is -2.37. The number of nitrogens with one attached hydrogen (secondary N) is 1. The summed E-state index contributed by atoms with van der Waals surface area (Å²) in [5.74, 6) is -0.110. The fraction of sp³-hybridized carbons (Fsp3) is 0.538. The summed E-state index contributed by atoms with van der Waals surface area (Å²) in [6, 6.07) is 0.939. The van der Waals surface area contributed by atoms with Gasteiger partial charge in [0.2, 0.25) is 0 Å². The Morgan fingerprint density at radius 3 is 2.81 bits per heavy atom. The third-order valence-electron chi connectivity index (χ3n) is 3.11. The highest BCUT2D eigenvalue weighted by Gasteiger charge is 2.26. The van der Waals surface area contributed by atoms with E-state index in [4.69, 9.17) is 5.11 Å². The Bertz CT molecular complexity index is 521. The minimum Gasteiger partial charge on any atom is -0.394 e. The van der Waals surface area contributed by atoms with Crippen LogP contribution in [-0.2, 0) is 0 Å². The molecule has 1 aromatic heterocycles. The predicted octanol–water partition coefficient (Wildman–Crippen LogP) is 1.26. The molecule has 1 aromatic rings. The van der Waals surface area contributed by atoms with Crippen LogP contribution in [0.25, 0.3) is 0 Å². The van der Waals surface area contributed by atoms with Crippen molar-refractivity contribution in [2.45, 2.75) is 26.3 Å². The maximum atomic E-state index is 12.4. The van der Waals surface area contributed by atoms with E-state index in [0.717, 1.165) is 12.6 Å². The van der Waals surface area contributed by atoms with Gasteiger partial charge < -0.3 is 15.3 Å². The average Bonchev–Trinajstić information content (AvgIpc) is 2.50. The summed E-state index contributed by atoms with van der Waals surface area (Å²) in [5, 5.41) is 23.1. The molecule has 8 nitrogen and oxygen atoms in total. The molecular weight excluding hydrogens is 276 g/mol. The summed E-state index contributed by atoms with van der Waals surface area (Å²) in [7, 11) is 1.49. The second kappa shape index (κ2) is 7.53. The van der Waals surface area contributed by atoms with E-state index >= 15 is 0 Å². The van der Waals surface area contributed by atoms with Gasteiger partial charge in [-0.25, -0.2) is 4.98 Å². The van der Waals surface area contributed by atoms with Crippen molar-refractivity contribution in [2.24, 2.45) is 0 Å². The SMILES string of the molecule is CCCNc1cc(C(=O)N(C)C(C)CO)c([N+](=O)[O-])cn1. The van der Waals surface area contributed by atoms with Gasteiger partial charge in [-0.05, 0) is 13.3 Å². The normalized spacial score (nSPS) is 11.8. The summed E-state index contributed by atoms with van der Waals surface area (Å²) in [6.07, 6.45) is 1.94. The molecule has 0 radical (unpaired) electrons. The van der Waals surface area contributed by atoms with Crippen molar-refractivity contribution in [3.8, 4) is 0 Å². The number of carbonyl (C=O) groups is 1. The number of amides is 1. The first-order valence-corrected chi connectivity index (χ1v) is 6.68. The molecule has 0 aromatic carbocycles. The van der Waals surface area contributed by atoms with Crippen molar-refractivity contribution in [3.63, 3.8) is 0 Å². The number of nitro groups is 1. The highest BCUT2D eigenvalue weighted by molar-refractivity contribution is 5.98. The van der Waals surface area contributed by atoms with Crippen LogP contribution in [0.15, 0.2) is 12.3 Å². The van der Waals surface area contributed by atoms with Gasteiger partial charge in [0.05, 0.1) is 17.6 Å². The number of aliphatic hydroxyl groups excluding tert-OH is 1. The number of anilines is 1. The van der Waals surface area contributed by atoms with Crippen LogP contribution in [0.2, 0.25) is 0 Å². The van der Waals surface area contributed by atoms with Gasteiger partial charge in [0.1, 0.15) is 17.6 Å². The smallest absolute Gasteiger partial charge is 0.300 e. The lowest BCUT2D eigenvalue weighted by atomic mass is 10.1. The molecule has 0 aliphatic rings. The van der Waals surface area contributed by atoms with Crippen LogP contribution < -0.4 is 5.32 Å². The molecular formula is C13H20N4O4. The molecule has 0 aliphatic heterocycles. The van der Waals surface area contributed by atoms with Gasteiger partial charge in [0.25, 0.3) is 11.6 Å². The van der Waals surface area contributed by atoms with Gasteiger partial charge >= 0.3 is 0 Å². The van der Waals surface area contributed by atoms with E-state index in [2.05, 4.69) is 10.3 Å². The van der Waals surface area contributed by atoms with Gasteiger partial charge in [0, 0.05) is 19.7 Å². The van der Waals surface area contributed by atoms with E-state index in [1.165, 1.54) is 18.0 Å². The van der Waals surface area contributed by atoms with E-state index in [9.17, 15) is 14.9 Å². The van der Waals surface area contributed by atoms with Crippen molar-refractivity contribution in [2.75, 3.05) is 25.5 Å². The summed E-state index contributed by atoms with van der Waals surface area (Å²) in [4.78, 5) is 28.0. The second-order valence-electron chi connectivity index (χ2n) is 4.72. The standard InChI is InChI=1S/C13H20N4O4/c1-4-5-14-12-6-10(11(7-15-12)17(20)21)13(19)16(3)9(2)8-18/h6-7,9,18H,4-5,8H2,1-3H3,(H,14,15). The zero-order valence-corrected chi connectivity index (χ0v) is 12.4. The Morgan fingerprint density at radius 1 is 1.62 bits per heavy atom. The number of likely N-dealkylation sites (N-methyl/N-ethyl adjacent to an activating group) is 1. The van der Waals surface area contributed by atoms with Gasteiger partial charge in [-0.2, -0.15) is 0 Å². The van der Waals surface area contributed by atoms with Crippen molar-refractivity contribution in [1.82, 2.24) is 9.88 Å². The van der Waals surface area contributed by atoms with Crippen LogP contribution >= 0.6 is 0 Å². The lowest BCUT2D eigenvalue weighted by molar-refractivity contribution is -0.385. The Hall–Kier alpha value is -2.22. The minimum atomic E-state index is -0.638. The largest absolute Gasteiger partial charge is 0.394 e. The highest BCUT2D eigenvalue weighted by atomic mass is 16.6. The molecule has 8 heteroatoms. The second-order valence-corrected chi connectivity index (χ2v) is 4.72. The van der Waals surface area contributed by atoms with E-state index < -0.39 is 16.9 Å². The first kappa shape index (κ1) is 16.8. The van der Waals surface area contributed by atoms with Crippen LogP contribution in [0, 0.1) is 10.1 Å². The van der Waals surface area contributed by atoms with E-state index in [0.29, 0.717) is 12.4 Å². The van der Waals surface area contributed by atoms with Crippen LogP contribution in [-0.4, -0.2) is 52.1 Å². The fourth-order valence-corrected chi connectivity index (χ4v) is 1.63. The van der Waals surface area contributed by atoms with Crippen molar-refractivity contribution < 1.29 is 14.8 Å². The molecule has 21 heavy (non-hydrogen) atoms. The number of pyridine rings is 1. The molecule has 1 atom stereocenters. The number of aromatic nitrogens is 1. The molecule has 0 aliphatic carbocycles. The Balaban J connectivity index is 3.16. The molecule has 0 saturated heterocycles. The molecule has 0 fully saturated rings. The molecule has 0 saturated carbocycles. The number of nitrogens with zero attached hydrogens (tertiary/aromatic N) is 3. The summed E-state index contributed by atoms with van der Waals surface area (Å²) < 4.78 is 0. The number of hydrogen-bond acceptors (Lipinski definition) is 6. The number of aliphatic hydroxyl groups is 1. The zero-order chi connectivity index (χ0) is 16.0. The third-order valence-corrected chi connectivity index (χ3v) is 3.11. The monoisotopic (exact) mass is 296 g/mol. The average molecular weight is 296 g/mol. The molecule has 1 amide bonds. The van der Waals surface area contributed by atoms with Crippen molar-refractivity contribution in [3.05, 3.63) is 27.9 Å². The highest BCUT2D eigenvalue weighted by Crippen LogP contribution is 2.22. The van der Waals surface area contributed by atoms with Gasteiger partial charge in [-0.15, -0.1) is 0 Å². The van der Waals surface area contributed by atoms with Crippen LogP contribution in [0.4, 0.5) is 11.5 Å². The van der Waals surface area contributed by atoms with Crippen molar-refractivity contribution >= 4 is 17.4 Å². The van der Waals surface area contributed by atoms with E-state index in [-0.39, 0.29) is 17.9 Å². The Morgan fingerprint density at radius 2 is 2.29 bits per heavy atom. The first-order valence-electron chi connectivity index (χ1n) is 6.68. The molecule has 1 rings (SSSR count). The summed E-state index contributed by atoms with van der Waals surface area (Å²) in [5.41, 5.74) is -0.393. The molecule has 0 spiro atoms. The van der Waals surface area contributed by atoms with Crippen LogP contribution in [0.5, 0.6) is 0 Å². The zero-order valence-electron chi connectivity index (χ0n) is 12.4. The summed E-state index contributed by atoms with van der Waals surface area (Å²) in [6.45, 7) is 4.06. The van der Waals surface area contributed by atoms with Gasteiger partial charge in [-0.1, -0.05) is 6.92 Å². The van der Waals surface area contributed by atoms with Crippen LogP contribution in [0.1, 0.15) is 30.6 Å². The summed E-state index contributed by atoms with van der Waals surface area (Å²) >= 11 is 0. The Kier molecular flexibility index (Phi) is 6.04. The molecule has 1 heterocycles. The predicted molar refractivity (Wildman–Crippen MR) is 78.3 cm³/mol. The number of carbonyl (C=O) groups excluding carboxylic acids is 1. The molecule has 2 N–H and O–H groups in total. The number of hydrogen-bond donors (Lipinski definition) is 2. The molecule has 0 bridgehead atoms. The fourth-order valence-electron chi connectivity index (χ4n) is 1.63. The molecule has 1 unspecified atom stereocenters. The topological polar surface area (TPSA) is 109 Å². The molecule has 116 valence electrons. The Labute approximate surface area is 122 Å². The first-order chi connectivity index (χ1) is 9.92. The third kappa shape index (κ3) is 4.12. The quantitative estimate of drug-likeness (QED) is 0.579. The van der Waals surface area contributed by atoms with Crippen LogP contribution in [0.3, 0.4) is 0 Å². The van der Waals surface area contributed by atoms with E-state index in [1.807, 2.05) is 6.92 Å². The van der Waals surface area contributed by atoms with E-state index in [1.54, 1.807) is 6.92 Å². The maximum absolute atomic E-state index is 12.4. The lowest BCUT2D eigenvalue weighted by Gasteiger charge is -2.23. The minimum absolute atomic E-state index is 0.0450.